The molecule has 3 aromatic heterocycles. The molecule has 0 fully saturated rings. The van der Waals surface area contributed by atoms with Crippen molar-refractivity contribution in [2.75, 3.05) is 0 Å². The minimum absolute atomic E-state index is 0.625. The van der Waals surface area contributed by atoms with Crippen LogP contribution >= 0.6 is 0 Å². The molecular formula is C24H26MnN4. The Morgan fingerprint density at radius 2 is 0.759 bits per heavy atom. The van der Waals surface area contributed by atoms with Crippen LogP contribution in [-0.2, 0) is 12.8 Å². The molecule has 5 rings (SSSR count). The van der Waals surface area contributed by atoms with E-state index in [0.29, 0.717) is 0 Å². The van der Waals surface area contributed by atoms with Crippen molar-refractivity contribution in [3.63, 3.8) is 0 Å². The first kappa shape index (κ1) is 19.4. The molecule has 0 radical (unpaired) electrons. The maximum absolute atomic E-state index is 4.63. The van der Waals surface area contributed by atoms with Crippen LogP contribution in [0.2, 0.25) is 23.3 Å². The van der Waals surface area contributed by atoms with Crippen LogP contribution in [0.4, 0.5) is 0 Å². The predicted molar refractivity (Wildman–Crippen MR) is 122 cm³/mol. The molecule has 0 aromatic carbocycles. The molecule has 149 valence electrons. The Labute approximate surface area is 173 Å². The second-order valence-electron chi connectivity index (χ2n) is 8.17. The zero-order valence-corrected chi connectivity index (χ0v) is 18.4. The number of hydrogen-bond acceptors (Lipinski definition) is 2. The zero-order chi connectivity index (χ0) is 20.4. The van der Waals surface area contributed by atoms with E-state index in [1.807, 2.05) is 48.6 Å². The summed E-state index contributed by atoms with van der Waals surface area (Å²) in [7, 11) is 0. The number of nitrogens with one attached hydrogen (secondary N) is 2. The van der Waals surface area contributed by atoms with Gasteiger partial charge in [-0.15, -0.1) is 0 Å². The fraction of sp³-hybridized carbons (Fsp3) is 0.167. The number of fused-ring (bicyclic) bond motifs is 8. The van der Waals surface area contributed by atoms with E-state index in [1.165, 1.54) is 0 Å². The van der Waals surface area contributed by atoms with Crippen LogP contribution in [0.15, 0.2) is 48.5 Å². The van der Waals surface area contributed by atoms with Crippen LogP contribution in [0.25, 0.3) is 46.4 Å². The Morgan fingerprint density at radius 3 is 1.00 bits per heavy atom. The van der Waals surface area contributed by atoms with E-state index in [-0.39, 0.29) is 0 Å². The van der Waals surface area contributed by atoms with Crippen LogP contribution in [0.1, 0.15) is 22.8 Å². The van der Waals surface area contributed by atoms with E-state index >= 15 is 0 Å². The monoisotopic (exact) mass is 425 g/mol. The van der Waals surface area contributed by atoms with E-state index in [2.05, 4.69) is 67.5 Å². The summed E-state index contributed by atoms with van der Waals surface area (Å²) in [5.41, 5.74) is 7.86. The van der Waals surface area contributed by atoms with E-state index in [9.17, 15) is 0 Å². The van der Waals surface area contributed by atoms with Crippen molar-refractivity contribution in [3.05, 3.63) is 71.3 Å². The third-order valence-electron chi connectivity index (χ3n) is 4.04. The van der Waals surface area contributed by atoms with Gasteiger partial charge in [-0.2, -0.15) is 0 Å². The number of H-pyrrole nitrogens is 2. The number of aromatic nitrogens is 4. The van der Waals surface area contributed by atoms with Crippen molar-refractivity contribution in [2.45, 2.75) is 23.3 Å². The number of hydrogen-bond donors (Lipinski definition) is 2. The van der Waals surface area contributed by atoms with Gasteiger partial charge in [0.2, 0.25) is 0 Å². The second-order valence-corrected chi connectivity index (χ2v) is 15.3. The summed E-state index contributed by atoms with van der Waals surface area (Å²) >= 11 is -0.625. The summed E-state index contributed by atoms with van der Waals surface area (Å²) < 4.78 is 0. The molecule has 0 atom stereocenters. The molecule has 29 heavy (non-hydrogen) atoms. The van der Waals surface area contributed by atoms with Crippen LogP contribution < -0.4 is 0 Å². The first-order valence-corrected chi connectivity index (χ1v) is 14.1. The van der Waals surface area contributed by atoms with Gasteiger partial charge in [-0.1, -0.05) is 0 Å². The predicted octanol–water partition coefficient (Wildman–Crippen LogP) is 6.99. The van der Waals surface area contributed by atoms with E-state index < -0.39 is 12.8 Å². The molecule has 2 aliphatic rings. The molecule has 2 aliphatic heterocycles. The molecule has 0 saturated carbocycles. The molecule has 8 bridgehead atoms. The summed E-state index contributed by atoms with van der Waals surface area (Å²) in [5, 5.41) is 0. The Bertz CT molecular complexity index is 1070. The Balaban J connectivity index is 0.000000369. The number of aromatic amines is 2. The normalized spacial score (nSPS) is 13.1. The van der Waals surface area contributed by atoms with Gasteiger partial charge in [0.05, 0.1) is 22.8 Å². The Morgan fingerprint density at radius 1 is 0.517 bits per heavy atom. The minimum atomic E-state index is -0.625. The Kier molecular flexibility index (Phi) is 5.27. The molecule has 0 spiro atoms. The fourth-order valence-electron chi connectivity index (χ4n) is 2.94. The van der Waals surface area contributed by atoms with Crippen LogP contribution in [0.3, 0.4) is 0 Å². The molecule has 0 saturated heterocycles. The molecule has 0 aliphatic carbocycles. The van der Waals surface area contributed by atoms with Crippen LogP contribution in [0, 0.1) is 0 Å². The Hall–Kier alpha value is -2.88. The number of nitrogens with zero attached hydrogens (tertiary/aromatic N) is 2. The SMILES string of the molecule is C1=Cc2cc3ccc(cc4nc(cc5ccc(cc1n2)[nH]5)C=C4)[nH]3.[CH3][Mn]([CH3])([CH3])[CH3]. The third-order valence-corrected chi connectivity index (χ3v) is 4.04. The molecule has 5 heteroatoms. The van der Waals surface area contributed by atoms with Gasteiger partial charge in [0, 0.05) is 22.1 Å². The van der Waals surface area contributed by atoms with Crippen molar-refractivity contribution >= 4 is 46.4 Å². The zero-order valence-electron chi connectivity index (χ0n) is 17.2. The molecular weight excluding hydrogens is 399 g/mol. The van der Waals surface area contributed by atoms with Crippen molar-refractivity contribution < 1.29 is 12.8 Å². The summed E-state index contributed by atoms with van der Waals surface area (Å²) in [6.45, 7) is 0. The van der Waals surface area contributed by atoms with Gasteiger partial charge in [0.1, 0.15) is 0 Å². The summed E-state index contributed by atoms with van der Waals surface area (Å²) in [6, 6.07) is 16.4. The first-order chi connectivity index (χ1) is 13.8. The molecule has 2 N–H and O–H groups in total. The summed E-state index contributed by atoms with van der Waals surface area (Å²) in [4.78, 5) is 16.0. The topological polar surface area (TPSA) is 57.4 Å². The van der Waals surface area contributed by atoms with E-state index in [4.69, 9.17) is 0 Å². The first-order valence-electron chi connectivity index (χ1n) is 9.36. The summed E-state index contributed by atoms with van der Waals surface area (Å²) in [5.74, 6) is 9.31. The van der Waals surface area contributed by atoms with Crippen molar-refractivity contribution in [1.82, 2.24) is 19.9 Å². The molecule has 3 aromatic rings. The van der Waals surface area contributed by atoms with Crippen LogP contribution in [0.5, 0.6) is 0 Å². The second kappa shape index (κ2) is 7.86. The van der Waals surface area contributed by atoms with Crippen molar-refractivity contribution in [3.8, 4) is 0 Å². The van der Waals surface area contributed by atoms with Gasteiger partial charge in [0.25, 0.3) is 0 Å². The average Bonchev–Trinajstić information content (AvgIpc) is 3.38. The van der Waals surface area contributed by atoms with Crippen molar-refractivity contribution in [2.24, 2.45) is 0 Å². The summed E-state index contributed by atoms with van der Waals surface area (Å²) in [6.07, 6.45) is 8.09. The van der Waals surface area contributed by atoms with Crippen LogP contribution in [-0.4, -0.2) is 19.9 Å². The van der Waals surface area contributed by atoms with Gasteiger partial charge >= 0.3 is 36.1 Å². The molecule has 4 nitrogen and oxygen atoms in total. The molecule has 0 amide bonds. The fourth-order valence-corrected chi connectivity index (χ4v) is 2.94. The number of rotatable bonds is 0. The maximum atomic E-state index is 4.63. The standard InChI is InChI=1S/C20H14N4.4CH3.Mn/c1-2-14-10-16-5-6-18(23-16)12-20-8-7-19(24-20)11-17-4-3-15(22-17)9-13(1)21-14;;;;;/h1-12,21,24H;4*1H3;. The quantitative estimate of drug-likeness (QED) is 0.263. The molecule has 5 heterocycles. The third kappa shape index (κ3) is 5.56. The van der Waals surface area contributed by atoms with Gasteiger partial charge in [-0.05, 0) is 72.8 Å². The average molecular weight is 425 g/mol. The van der Waals surface area contributed by atoms with Gasteiger partial charge in [-0.25, -0.2) is 9.97 Å². The van der Waals surface area contributed by atoms with E-state index in [0.717, 1.165) is 44.8 Å². The van der Waals surface area contributed by atoms with Gasteiger partial charge in [-0.3, -0.25) is 0 Å². The van der Waals surface area contributed by atoms with Gasteiger partial charge in [0.15, 0.2) is 0 Å². The van der Waals surface area contributed by atoms with Crippen molar-refractivity contribution in [1.29, 1.82) is 0 Å². The van der Waals surface area contributed by atoms with E-state index in [1.54, 1.807) is 0 Å². The molecule has 0 unspecified atom stereocenters. The van der Waals surface area contributed by atoms with Gasteiger partial charge < -0.3 is 9.97 Å².